The standard InChI is InChI=1S/C14H22N2O5S/c1-4-10(14(20)15-9(2)3)22-8-7-13(19)21-16-11(17)5-6-12(16)18/h9-10H,4-8H2,1-3H3,(H,15,20). The average molecular weight is 330 g/mol. The third-order valence-electron chi connectivity index (χ3n) is 2.92. The van der Waals surface area contributed by atoms with Gasteiger partial charge in [0.15, 0.2) is 0 Å². The number of nitrogens with one attached hydrogen (secondary N) is 1. The number of thioether (sulfide) groups is 1. The van der Waals surface area contributed by atoms with Crippen LogP contribution in [0.4, 0.5) is 0 Å². The lowest BCUT2D eigenvalue weighted by Crippen LogP contribution is -2.37. The highest BCUT2D eigenvalue weighted by Crippen LogP contribution is 2.17. The van der Waals surface area contributed by atoms with Crippen molar-refractivity contribution in [3.8, 4) is 0 Å². The van der Waals surface area contributed by atoms with E-state index in [4.69, 9.17) is 4.84 Å². The van der Waals surface area contributed by atoms with E-state index in [0.29, 0.717) is 17.2 Å². The number of hydrogen-bond donors (Lipinski definition) is 1. The first-order chi connectivity index (χ1) is 10.3. The minimum atomic E-state index is -0.643. The topological polar surface area (TPSA) is 92.8 Å². The van der Waals surface area contributed by atoms with E-state index < -0.39 is 17.8 Å². The Morgan fingerprint density at radius 3 is 2.36 bits per heavy atom. The molecule has 7 nitrogen and oxygen atoms in total. The zero-order valence-corrected chi connectivity index (χ0v) is 13.9. The summed E-state index contributed by atoms with van der Waals surface area (Å²) in [6.07, 6.45) is 0.844. The molecule has 1 aliphatic rings. The number of nitrogens with zero attached hydrogens (tertiary/aromatic N) is 1. The molecule has 0 aliphatic carbocycles. The molecule has 1 N–H and O–H groups in total. The molecular weight excluding hydrogens is 308 g/mol. The Balaban J connectivity index is 2.33. The van der Waals surface area contributed by atoms with Crippen LogP contribution in [0, 0.1) is 0 Å². The highest BCUT2D eigenvalue weighted by Gasteiger charge is 2.32. The van der Waals surface area contributed by atoms with Crippen molar-refractivity contribution in [1.82, 2.24) is 10.4 Å². The summed E-state index contributed by atoms with van der Waals surface area (Å²) < 4.78 is 0. The molecule has 0 radical (unpaired) electrons. The number of hydrogen-bond acceptors (Lipinski definition) is 6. The summed E-state index contributed by atoms with van der Waals surface area (Å²) in [5, 5.41) is 3.13. The molecule has 1 atom stereocenters. The summed E-state index contributed by atoms with van der Waals surface area (Å²) in [6.45, 7) is 5.67. The van der Waals surface area contributed by atoms with Gasteiger partial charge >= 0.3 is 5.97 Å². The van der Waals surface area contributed by atoms with Gasteiger partial charge in [-0.05, 0) is 20.3 Å². The second-order valence-corrected chi connectivity index (χ2v) is 6.54. The molecule has 124 valence electrons. The van der Waals surface area contributed by atoms with Gasteiger partial charge in [0.1, 0.15) is 0 Å². The van der Waals surface area contributed by atoms with Crippen molar-refractivity contribution in [2.45, 2.75) is 57.7 Å². The van der Waals surface area contributed by atoms with Crippen LogP contribution in [-0.4, -0.2) is 45.8 Å². The van der Waals surface area contributed by atoms with E-state index in [9.17, 15) is 19.2 Å². The lowest BCUT2D eigenvalue weighted by atomic mass is 10.3. The third kappa shape index (κ3) is 5.67. The van der Waals surface area contributed by atoms with E-state index in [0.717, 1.165) is 0 Å². The largest absolute Gasteiger partial charge is 0.353 e. The molecule has 1 rings (SSSR count). The molecule has 1 unspecified atom stereocenters. The average Bonchev–Trinajstić information content (AvgIpc) is 2.74. The van der Waals surface area contributed by atoms with Gasteiger partial charge in [0, 0.05) is 24.6 Å². The maximum Gasteiger partial charge on any atom is 0.334 e. The van der Waals surface area contributed by atoms with Crippen LogP contribution in [0.1, 0.15) is 46.5 Å². The molecule has 22 heavy (non-hydrogen) atoms. The summed E-state index contributed by atoms with van der Waals surface area (Å²) in [5.41, 5.74) is 0. The first kappa shape index (κ1) is 18.5. The first-order valence-corrected chi connectivity index (χ1v) is 8.38. The Labute approximate surface area is 134 Å². The second-order valence-electron chi connectivity index (χ2n) is 5.23. The van der Waals surface area contributed by atoms with Crippen LogP contribution in [0.5, 0.6) is 0 Å². The Hall–Kier alpha value is -1.57. The zero-order valence-electron chi connectivity index (χ0n) is 13.1. The number of rotatable bonds is 8. The minimum Gasteiger partial charge on any atom is -0.353 e. The molecule has 0 aromatic heterocycles. The Morgan fingerprint density at radius 1 is 1.27 bits per heavy atom. The fourth-order valence-corrected chi connectivity index (χ4v) is 2.87. The smallest absolute Gasteiger partial charge is 0.334 e. The van der Waals surface area contributed by atoms with Crippen molar-refractivity contribution in [3.05, 3.63) is 0 Å². The van der Waals surface area contributed by atoms with Crippen molar-refractivity contribution in [2.75, 3.05) is 5.75 Å². The summed E-state index contributed by atoms with van der Waals surface area (Å²) in [6, 6.07) is 0.0688. The van der Waals surface area contributed by atoms with Crippen LogP contribution in [0.2, 0.25) is 0 Å². The Kier molecular flexibility index (Phi) is 7.37. The highest BCUT2D eigenvalue weighted by molar-refractivity contribution is 8.00. The zero-order chi connectivity index (χ0) is 16.7. The van der Waals surface area contributed by atoms with Crippen molar-refractivity contribution in [1.29, 1.82) is 0 Å². The van der Waals surface area contributed by atoms with E-state index in [2.05, 4.69) is 5.32 Å². The van der Waals surface area contributed by atoms with Crippen LogP contribution >= 0.6 is 11.8 Å². The lowest BCUT2D eigenvalue weighted by Gasteiger charge is -2.17. The van der Waals surface area contributed by atoms with Gasteiger partial charge in [0.25, 0.3) is 11.8 Å². The monoisotopic (exact) mass is 330 g/mol. The summed E-state index contributed by atoms with van der Waals surface area (Å²) in [7, 11) is 0. The van der Waals surface area contributed by atoms with Gasteiger partial charge in [-0.3, -0.25) is 14.4 Å². The van der Waals surface area contributed by atoms with Crippen LogP contribution in [-0.2, 0) is 24.0 Å². The number of carbonyl (C=O) groups is 4. The molecule has 8 heteroatoms. The van der Waals surface area contributed by atoms with Crippen molar-refractivity contribution in [2.24, 2.45) is 0 Å². The second kappa shape index (κ2) is 8.77. The number of hydroxylamine groups is 2. The van der Waals surface area contributed by atoms with E-state index in [-0.39, 0.29) is 36.5 Å². The van der Waals surface area contributed by atoms with E-state index in [1.54, 1.807) is 0 Å². The Morgan fingerprint density at radius 2 is 1.86 bits per heavy atom. The molecule has 0 aromatic rings. The number of imide groups is 1. The molecule has 1 heterocycles. The molecule has 0 aromatic carbocycles. The molecule has 0 saturated carbocycles. The molecule has 1 fully saturated rings. The quantitative estimate of drug-likeness (QED) is 0.668. The van der Waals surface area contributed by atoms with Crippen molar-refractivity contribution < 1.29 is 24.0 Å². The van der Waals surface area contributed by atoms with E-state index in [1.807, 2.05) is 20.8 Å². The summed E-state index contributed by atoms with van der Waals surface area (Å²) >= 11 is 1.36. The maximum atomic E-state index is 11.9. The SMILES string of the molecule is CCC(SCCC(=O)ON1C(=O)CCC1=O)C(=O)NC(C)C. The van der Waals surface area contributed by atoms with Crippen molar-refractivity contribution in [3.63, 3.8) is 0 Å². The summed E-state index contributed by atoms with van der Waals surface area (Å²) in [5.74, 6) is -1.29. The Bertz CT molecular complexity index is 437. The lowest BCUT2D eigenvalue weighted by molar-refractivity contribution is -0.197. The predicted octanol–water partition coefficient (Wildman–Crippen LogP) is 1.02. The first-order valence-electron chi connectivity index (χ1n) is 7.33. The molecule has 0 bridgehead atoms. The van der Waals surface area contributed by atoms with Gasteiger partial charge in [-0.25, -0.2) is 4.79 Å². The normalized spacial score (nSPS) is 16.1. The van der Waals surface area contributed by atoms with Gasteiger partial charge in [0.05, 0.1) is 11.7 Å². The number of carbonyl (C=O) groups excluding carboxylic acids is 4. The van der Waals surface area contributed by atoms with Gasteiger partial charge in [-0.2, -0.15) is 0 Å². The van der Waals surface area contributed by atoms with Crippen molar-refractivity contribution >= 4 is 35.5 Å². The van der Waals surface area contributed by atoms with Crippen LogP contribution in [0.25, 0.3) is 0 Å². The predicted molar refractivity (Wildman–Crippen MR) is 81.6 cm³/mol. The fourth-order valence-electron chi connectivity index (χ4n) is 1.85. The van der Waals surface area contributed by atoms with Gasteiger partial charge in [-0.1, -0.05) is 6.92 Å². The molecule has 1 saturated heterocycles. The van der Waals surface area contributed by atoms with Gasteiger partial charge in [-0.15, -0.1) is 16.8 Å². The molecule has 3 amide bonds. The number of amides is 3. The minimum absolute atomic E-state index is 0.0349. The van der Waals surface area contributed by atoms with Crippen LogP contribution in [0.15, 0.2) is 0 Å². The van der Waals surface area contributed by atoms with E-state index >= 15 is 0 Å². The maximum absolute atomic E-state index is 11.9. The molecule has 1 aliphatic heterocycles. The van der Waals surface area contributed by atoms with E-state index in [1.165, 1.54) is 11.8 Å². The van der Waals surface area contributed by atoms with Crippen LogP contribution < -0.4 is 5.32 Å². The fraction of sp³-hybridized carbons (Fsp3) is 0.714. The molecular formula is C14H22N2O5S. The van der Waals surface area contributed by atoms with Gasteiger partial charge in [0.2, 0.25) is 5.91 Å². The molecule has 0 spiro atoms. The highest BCUT2D eigenvalue weighted by atomic mass is 32.2. The van der Waals surface area contributed by atoms with Gasteiger partial charge < -0.3 is 10.2 Å². The van der Waals surface area contributed by atoms with Crippen LogP contribution in [0.3, 0.4) is 0 Å². The third-order valence-corrected chi connectivity index (χ3v) is 4.31. The summed E-state index contributed by atoms with van der Waals surface area (Å²) in [4.78, 5) is 50.9.